The van der Waals surface area contributed by atoms with Crippen molar-refractivity contribution in [2.75, 3.05) is 13.3 Å². The Bertz CT molecular complexity index is 927. The van der Waals surface area contributed by atoms with E-state index < -0.39 is 12.8 Å². The molecule has 28 heavy (non-hydrogen) atoms. The quantitative estimate of drug-likeness (QED) is 0.653. The van der Waals surface area contributed by atoms with Crippen LogP contribution < -0.4 is 14.8 Å². The highest BCUT2D eigenvalue weighted by Gasteiger charge is 2.63. The maximum atomic E-state index is 12.3. The summed E-state index contributed by atoms with van der Waals surface area (Å²) in [6.45, 7) is 6.41. The van der Waals surface area contributed by atoms with Gasteiger partial charge in [-0.15, -0.1) is 11.3 Å². The molecule has 0 unspecified atom stereocenters. The number of rotatable bonds is 6. The number of hydrogen-bond acceptors (Lipinski definition) is 4. The fourth-order valence-electron chi connectivity index (χ4n) is 4.38. The Morgan fingerprint density at radius 2 is 2.21 bits per heavy atom. The minimum Gasteiger partial charge on any atom is -0.491 e. The molecule has 1 N–H and O–H groups in total. The largest absolute Gasteiger partial charge is 0.491 e. The first-order chi connectivity index (χ1) is 13.3. The van der Waals surface area contributed by atoms with Gasteiger partial charge in [-0.25, -0.2) is 9.18 Å². The lowest BCUT2D eigenvalue weighted by Crippen LogP contribution is -2.26. The molecule has 1 heterocycles. The third kappa shape index (κ3) is 3.37. The Morgan fingerprint density at radius 1 is 1.43 bits per heavy atom. The Labute approximate surface area is 173 Å². The summed E-state index contributed by atoms with van der Waals surface area (Å²) < 4.78 is 23.0. The Kier molecular flexibility index (Phi) is 5.04. The lowest BCUT2D eigenvalue weighted by Gasteiger charge is -2.11. The van der Waals surface area contributed by atoms with E-state index in [2.05, 4.69) is 26.1 Å². The van der Waals surface area contributed by atoms with Gasteiger partial charge in [0.15, 0.2) is 5.06 Å². The highest BCUT2D eigenvalue weighted by atomic mass is 35.5. The van der Waals surface area contributed by atoms with E-state index in [9.17, 15) is 9.18 Å². The van der Waals surface area contributed by atoms with Gasteiger partial charge in [-0.2, -0.15) is 0 Å². The normalized spacial score (nSPS) is 21.0. The van der Waals surface area contributed by atoms with E-state index in [0.717, 1.165) is 12.0 Å². The van der Waals surface area contributed by atoms with E-state index >= 15 is 0 Å². The molecule has 7 heteroatoms. The molecule has 2 aromatic rings. The molecule has 1 aromatic heterocycles. The molecule has 1 aromatic carbocycles. The van der Waals surface area contributed by atoms with Gasteiger partial charge in [0.05, 0.1) is 0 Å². The SMILES string of the molecule is Cc1sc(OC(=O)NCc2ccc(OCCF)cc2Cl)c2c1[C@H]1[C@@H](C2)C1(C)C. The lowest BCUT2D eigenvalue weighted by molar-refractivity contribution is 0.201. The highest BCUT2D eigenvalue weighted by molar-refractivity contribution is 7.14. The Balaban J connectivity index is 1.36. The number of hydrogen-bond donors (Lipinski definition) is 1. The molecule has 4 rings (SSSR count). The van der Waals surface area contributed by atoms with E-state index in [1.165, 1.54) is 16.0 Å². The molecular formula is C21H23ClFNO3S. The monoisotopic (exact) mass is 423 g/mol. The van der Waals surface area contributed by atoms with Crippen molar-refractivity contribution >= 4 is 29.0 Å². The molecule has 150 valence electrons. The summed E-state index contributed by atoms with van der Waals surface area (Å²) in [5, 5.41) is 3.92. The summed E-state index contributed by atoms with van der Waals surface area (Å²) in [5.74, 6) is 1.78. The van der Waals surface area contributed by atoms with Crippen molar-refractivity contribution in [1.82, 2.24) is 5.32 Å². The number of amides is 1. The minimum absolute atomic E-state index is 0.0102. The molecule has 0 radical (unpaired) electrons. The number of benzene rings is 1. The number of carbonyl (C=O) groups is 1. The molecule has 0 bridgehead atoms. The van der Waals surface area contributed by atoms with E-state index in [1.54, 1.807) is 29.5 Å². The number of aryl methyl sites for hydroxylation is 1. The van der Waals surface area contributed by atoms with Crippen LogP contribution in [0.1, 0.15) is 41.3 Å². The van der Waals surface area contributed by atoms with Gasteiger partial charge in [0.2, 0.25) is 0 Å². The second-order valence-electron chi connectivity index (χ2n) is 7.98. The Morgan fingerprint density at radius 3 is 2.93 bits per heavy atom. The van der Waals surface area contributed by atoms with Crippen molar-refractivity contribution in [2.24, 2.45) is 11.3 Å². The first-order valence-electron chi connectivity index (χ1n) is 9.38. The molecule has 4 nitrogen and oxygen atoms in total. The first-order valence-corrected chi connectivity index (χ1v) is 10.6. The van der Waals surface area contributed by atoms with Crippen LogP contribution in [0.15, 0.2) is 18.2 Å². The fourth-order valence-corrected chi connectivity index (χ4v) is 5.69. The van der Waals surface area contributed by atoms with E-state index in [0.29, 0.717) is 33.1 Å². The molecule has 0 saturated heterocycles. The number of halogens is 2. The topological polar surface area (TPSA) is 47.6 Å². The van der Waals surface area contributed by atoms with E-state index in [-0.39, 0.29) is 13.2 Å². The minimum atomic E-state index is -0.558. The van der Waals surface area contributed by atoms with Crippen molar-refractivity contribution in [1.29, 1.82) is 0 Å². The third-order valence-corrected chi connectivity index (χ3v) is 7.35. The smallest absolute Gasteiger partial charge is 0.413 e. The van der Waals surface area contributed by atoms with Crippen molar-refractivity contribution in [3.8, 4) is 10.8 Å². The predicted octanol–water partition coefficient (Wildman–Crippen LogP) is 5.64. The van der Waals surface area contributed by atoms with Crippen LogP contribution in [-0.4, -0.2) is 19.4 Å². The molecule has 1 amide bonds. The van der Waals surface area contributed by atoms with Crippen LogP contribution in [0.2, 0.25) is 5.02 Å². The van der Waals surface area contributed by atoms with Gasteiger partial charge in [0.1, 0.15) is 19.0 Å². The molecular weight excluding hydrogens is 401 g/mol. The van der Waals surface area contributed by atoms with Gasteiger partial charge < -0.3 is 14.8 Å². The van der Waals surface area contributed by atoms with Gasteiger partial charge in [-0.05, 0) is 53.9 Å². The Hall–Kier alpha value is -1.79. The highest BCUT2D eigenvalue weighted by Crippen LogP contribution is 2.72. The van der Waals surface area contributed by atoms with Gasteiger partial charge in [0, 0.05) is 22.0 Å². The van der Waals surface area contributed by atoms with Crippen molar-refractivity contribution in [3.63, 3.8) is 0 Å². The standard InChI is InChI=1S/C21H23ClFNO3S/c1-11-17-14(9-15-18(17)21(15,2)3)19(28-11)27-20(25)24-10-12-4-5-13(8-16(12)22)26-7-6-23/h4-5,8,15,18H,6-7,9-10H2,1-3H3,(H,24,25)/t15-,18-/m1/s1. The van der Waals surface area contributed by atoms with Crippen LogP contribution >= 0.6 is 22.9 Å². The third-order valence-electron chi connectivity index (χ3n) is 5.96. The number of ether oxygens (including phenoxy) is 2. The van der Waals surface area contributed by atoms with Crippen LogP contribution in [0.25, 0.3) is 0 Å². The number of fused-ring (bicyclic) bond motifs is 3. The van der Waals surface area contributed by atoms with Gasteiger partial charge in [-0.1, -0.05) is 31.5 Å². The first kappa shape index (κ1) is 19.5. The van der Waals surface area contributed by atoms with Crippen molar-refractivity contribution in [2.45, 2.75) is 39.7 Å². The van der Waals surface area contributed by atoms with Crippen molar-refractivity contribution in [3.05, 3.63) is 44.8 Å². The van der Waals surface area contributed by atoms with Crippen LogP contribution in [0.3, 0.4) is 0 Å². The number of alkyl halides is 1. The zero-order chi connectivity index (χ0) is 20.1. The zero-order valence-corrected chi connectivity index (χ0v) is 17.7. The lowest BCUT2D eigenvalue weighted by atomic mass is 9.96. The number of thiophene rings is 1. The summed E-state index contributed by atoms with van der Waals surface area (Å²) >= 11 is 7.77. The molecule has 0 spiro atoms. The van der Waals surface area contributed by atoms with Crippen molar-refractivity contribution < 1.29 is 18.7 Å². The average molecular weight is 424 g/mol. The van der Waals surface area contributed by atoms with Gasteiger partial charge >= 0.3 is 6.09 Å². The summed E-state index contributed by atoms with van der Waals surface area (Å²) in [6, 6.07) is 5.06. The summed E-state index contributed by atoms with van der Waals surface area (Å²) in [6.07, 6.45) is 0.504. The maximum absolute atomic E-state index is 12.3. The molecule has 1 saturated carbocycles. The molecule has 2 aliphatic rings. The predicted molar refractivity (Wildman–Crippen MR) is 109 cm³/mol. The van der Waals surface area contributed by atoms with Crippen LogP contribution in [0, 0.1) is 18.3 Å². The average Bonchev–Trinajstić information content (AvgIpc) is 2.97. The molecule has 1 fully saturated rings. The maximum Gasteiger partial charge on any atom is 0.413 e. The van der Waals surface area contributed by atoms with E-state index in [4.69, 9.17) is 21.1 Å². The van der Waals surface area contributed by atoms with Gasteiger partial charge in [0.25, 0.3) is 0 Å². The van der Waals surface area contributed by atoms with Crippen LogP contribution in [0.5, 0.6) is 10.8 Å². The molecule has 0 aliphatic heterocycles. The second-order valence-corrected chi connectivity index (χ2v) is 9.58. The second kappa shape index (κ2) is 7.23. The summed E-state index contributed by atoms with van der Waals surface area (Å²) in [4.78, 5) is 13.6. The molecule has 2 aliphatic carbocycles. The number of nitrogens with one attached hydrogen (secondary N) is 1. The summed E-state index contributed by atoms with van der Waals surface area (Å²) in [7, 11) is 0. The zero-order valence-electron chi connectivity index (χ0n) is 16.1. The van der Waals surface area contributed by atoms with E-state index in [1.807, 2.05) is 0 Å². The number of carbonyl (C=O) groups excluding carboxylic acids is 1. The summed E-state index contributed by atoms with van der Waals surface area (Å²) in [5.41, 5.74) is 3.71. The van der Waals surface area contributed by atoms with Crippen LogP contribution in [0.4, 0.5) is 9.18 Å². The molecule has 2 atom stereocenters. The van der Waals surface area contributed by atoms with Gasteiger partial charge in [-0.3, -0.25) is 0 Å². The fraction of sp³-hybridized carbons (Fsp3) is 0.476. The van der Waals surface area contributed by atoms with Crippen LogP contribution in [-0.2, 0) is 13.0 Å².